The number of rotatable bonds is 7. The molecule has 0 aliphatic heterocycles. The van der Waals surface area contributed by atoms with Crippen LogP contribution in [0.15, 0.2) is 39.2 Å². The predicted octanol–water partition coefficient (Wildman–Crippen LogP) is 4.09. The maximum Gasteiger partial charge on any atom is 0.118 e. The van der Waals surface area contributed by atoms with E-state index in [1.54, 1.807) is 0 Å². The van der Waals surface area contributed by atoms with E-state index < -0.39 is 0 Å². The topological polar surface area (TPSA) is 28.4 Å². The number of nitrogens with zero attached hydrogens (tertiary/aromatic N) is 1. The molecule has 0 saturated heterocycles. The second kappa shape index (κ2) is 7.78. The molecule has 0 radical (unpaired) electrons. The third-order valence-electron chi connectivity index (χ3n) is 3.46. The van der Waals surface area contributed by atoms with Crippen LogP contribution in [0, 0.1) is 6.92 Å². The van der Waals surface area contributed by atoms with E-state index in [4.69, 9.17) is 4.42 Å². The summed E-state index contributed by atoms with van der Waals surface area (Å²) in [5, 5.41) is 3.34. The highest BCUT2D eigenvalue weighted by Gasteiger charge is 2.10. The van der Waals surface area contributed by atoms with Crippen LogP contribution in [-0.4, -0.2) is 18.5 Å². The van der Waals surface area contributed by atoms with E-state index in [9.17, 15) is 0 Å². The summed E-state index contributed by atoms with van der Waals surface area (Å²) in [6.07, 6.45) is 0. The monoisotopic (exact) mass is 350 g/mol. The Bertz CT molecular complexity index is 580. The zero-order valence-corrected chi connectivity index (χ0v) is 14.5. The van der Waals surface area contributed by atoms with Gasteiger partial charge in [-0.2, -0.15) is 0 Å². The number of benzene rings is 1. The molecule has 2 aromatic rings. The van der Waals surface area contributed by atoms with Gasteiger partial charge in [-0.25, -0.2) is 0 Å². The second-order valence-electron chi connectivity index (χ2n) is 5.34. The third-order valence-corrected chi connectivity index (χ3v) is 4.23. The lowest BCUT2D eigenvalue weighted by atomic mass is 10.2. The quantitative estimate of drug-likeness (QED) is 0.814. The summed E-state index contributed by atoms with van der Waals surface area (Å²) in [6.45, 7) is 7.70. The molecule has 0 unspecified atom stereocenters. The van der Waals surface area contributed by atoms with Gasteiger partial charge >= 0.3 is 0 Å². The van der Waals surface area contributed by atoms with E-state index in [0.29, 0.717) is 0 Å². The Morgan fingerprint density at radius 3 is 2.67 bits per heavy atom. The number of halogens is 1. The first-order chi connectivity index (χ1) is 10.1. The molecular weight excluding hydrogens is 328 g/mol. The number of aryl methyl sites for hydroxylation is 1. The molecule has 2 rings (SSSR count). The average molecular weight is 351 g/mol. The molecule has 0 aliphatic carbocycles. The van der Waals surface area contributed by atoms with E-state index in [1.807, 2.05) is 13.0 Å². The summed E-state index contributed by atoms with van der Waals surface area (Å²) in [5.74, 6) is 2.04. The van der Waals surface area contributed by atoms with Crippen molar-refractivity contribution in [2.24, 2.45) is 0 Å². The van der Waals surface area contributed by atoms with Crippen molar-refractivity contribution < 1.29 is 4.42 Å². The minimum absolute atomic E-state index is 0.814. The highest BCUT2D eigenvalue weighted by molar-refractivity contribution is 9.10. The SMILES string of the molecule is CCNCc1cc(CN(C)Cc2ccccc2Br)oc1C. The number of nitrogens with one attached hydrogen (secondary N) is 1. The summed E-state index contributed by atoms with van der Waals surface area (Å²) in [4.78, 5) is 2.26. The van der Waals surface area contributed by atoms with Crippen LogP contribution in [-0.2, 0) is 19.6 Å². The van der Waals surface area contributed by atoms with Gasteiger partial charge in [0.05, 0.1) is 6.54 Å². The van der Waals surface area contributed by atoms with Gasteiger partial charge in [-0.1, -0.05) is 41.1 Å². The third kappa shape index (κ3) is 4.70. The van der Waals surface area contributed by atoms with Gasteiger partial charge in [0.2, 0.25) is 0 Å². The molecule has 3 nitrogen and oxygen atoms in total. The molecule has 0 atom stereocenters. The number of furan rings is 1. The Kier molecular flexibility index (Phi) is 6.03. The van der Waals surface area contributed by atoms with Gasteiger partial charge in [-0.3, -0.25) is 4.90 Å². The molecule has 0 fully saturated rings. The predicted molar refractivity (Wildman–Crippen MR) is 90.1 cm³/mol. The van der Waals surface area contributed by atoms with Crippen molar-refractivity contribution in [3.63, 3.8) is 0 Å². The van der Waals surface area contributed by atoms with Gasteiger partial charge in [0.25, 0.3) is 0 Å². The summed E-state index contributed by atoms with van der Waals surface area (Å²) < 4.78 is 7.01. The Hall–Kier alpha value is -1.10. The fourth-order valence-corrected chi connectivity index (χ4v) is 2.75. The van der Waals surface area contributed by atoms with Crippen LogP contribution < -0.4 is 5.32 Å². The molecule has 0 bridgehead atoms. The van der Waals surface area contributed by atoms with Crippen molar-refractivity contribution in [2.45, 2.75) is 33.5 Å². The Morgan fingerprint density at radius 1 is 1.19 bits per heavy atom. The van der Waals surface area contributed by atoms with Crippen LogP contribution in [0.2, 0.25) is 0 Å². The molecular formula is C17H23BrN2O. The van der Waals surface area contributed by atoms with Crippen LogP contribution in [0.3, 0.4) is 0 Å². The standard InChI is InChI=1S/C17H23BrN2O/c1-4-19-10-15-9-16(21-13(15)2)12-20(3)11-14-7-5-6-8-17(14)18/h5-9,19H,4,10-12H2,1-3H3. The van der Waals surface area contributed by atoms with Gasteiger partial charge in [-0.15, -0.1) is 0 Å². The Morgan fingerprint density at radius 2 is 1.95 bits per heavy atom. The summed E-state index contributed by atoms with van der Waals surface area (Å²) >= 11 is 3.60. The van der Waals surface area contributed by atoms with E-state index in [0.717, 1.165) is 42.2 Å². The van der Waals surface area contributed by atoms with E-state index in [2.05, 4.69) is 64.4 Å². The molecule has 1 aromatic heterocycles. The molecule has 1 aromatic carbocycles. The molecule has 4 heteroatoms. The first kappa shape index (κ1) is 16.3. The lowest BCUT2D eigenvalue weighted by molar-refractivity contribution is 0.284. The normalized spacial score (nSPS) is 11.3. The first-order valence-electron chi connectivity index (χ1n) is 7.31. The van der Waals surface area contributed by atoms with Gasteiger partial charge in [-0.05, 0) is 38.2 Å². The molecule has 0 amide bonds. The van der Waals surface area contributed by atoms with Crippen molar-refractivity contribution in [1.82, 2.24) is 10.2 Å². The first-order valence-corrected chi connectivity index (χ1v) is 8.10. The zero-order valence-electron chi connectivity index (χ0n) is 12.9. The van der Waals surface area contributed by atoms with Crippen molar-refractivity contribution in [1.29, 1.82) is 0 Å². The highest BCUT2D eigenvalue weighted by Crippen LogP contribution is 2.20. The molecule has 1 N–H and O–H groups in total. The molecule has 0 saturated carbocycles. The fourth-order valence-electron chi connectivity index (χ4n) is 2.34. The van der Waals surface area contributed by atoms with Gasteiger partial charge in [0, 0.05) is 23.1 Å². The van der Waals surface area contributed by atoms with Crippen LogP contribution in [0.4, 0.5) is 0 Å². The number of hydrogen-bond donors (Lipinski definition) is 1. The van der Waals surface area contributed by atoms with Crippen molar-refractivity contribution in [3.05, 3.63) is 57.5 Å². The van der Waals surface area contributed by atoms with Crippen molar-refractivity contribution in [2.75, 3.05) is 13.6 Å². The maximum atomic E-state index is 5.86. The smallest absolute Gasteiger partial charge is 0.118 e. The minimum atomic E-state index is 0.814. The molecule has 114 valence electrons. The lowest BCUT2D eigenvalue weighted by Crippen LogP contribution is -2.17. The van der Waals surface area contributed by atoms with Crippen LogP contribution in [0.1, 0.15) is 29.6 Å². The minimum Gasteiger partial charge on any atom is -0.465 e. The lowest BCUT2D eigenvalue weighted by Gasteiger charge is -2.16. The van der Waals surface area contributed by atoms with Crippen molar-refractivity contribution >= 4 is 15.9 Å². The van der Waals surface area contributed by atoms with E-state index in [-0.39, 0.29) is 0 Å². The van der Waals surface area contributed by atoms with Gasteiger partial charge in [0.15, 0.2) is 0 Å². The van der Waals surface area contributed by atoms with Gasteiger partial charge < -0.3 is 9.73 Å². The zero-order chi connectivity index (χ0) is 15.2. The van der Waals surface area contributed by atoms with E-state index in [1.165, 1.54) is 11.1 Å². The number of hydrogen-bond acceptors (Lipinski definition) is 3. The fraction of sp³-hybridized carbons (Fsp3) is 0.412. The van der Waals surface area contributed by atoms with Crippen LogP contribution in [0.5, 0.6) is 0 Å². The van der Waals surface area contributed by atoms with E-state index >= 15 is 0 Å². The van der Waals surface area contributed by atoms with Crippen LogP contribution in [0.25, 0.3) is 0 Å². The second-order valence-corrected chi connectivity index (χ2v) is 6.19. The maximum absolute atomic E-state index is 5.86. The highest BCUT2D eigenvalue weighted by atomic mass is 79.9. The molecule has 0 aliphatic rings. The van der Waals surface area contributed by atoms with Crippen LogP contribution >= 0.6 is 15.9 Å². The average Bonchev–Trinajstić information content (AvgIpc) is 2.79. The van der Waals surface area contributed by atoms with Crippen molar-refractivity contribution in [3.8, 4) is 0 Å². The molecule has 1 heterocycles. The summed E-state index contributed by atoms with van der Waals surface area (Å²) in [5.41, 5.74) is 2.54. The summed E-state index contributed by atoms with van der Waals surface area (Å²) in [6, 6.07) is 10.5. The summed E-state index contributed by atoms with van der Waals surface area (Å²) in [7, 11) is 2.11. The molecule has 0 spiro atoms. The van der Waals surface area contributed by atoms with Gasteiger partial charge in [0.1, 0.15) is 11.5 Å². The largest absolute Gasteiger partial charge is 0.465 e. The Balaban J connectivity index is 1.96. The Labute approximate surface area is 135 Å². The molecule has 21 heavy (non-hydrogen) atoms.